The third-order valence-electron chi connectivity index (χ3n) is 3.34. The minimum absolute atomic E-state index is 0.506. The number of pyridine rings is 1. The van der Waals surface area contributed by atoms with Gasteiger partial charge in [0.05, 0.1) is 11.4 Å². The molecule has 0 aliphatic heterocycles. The Kier molecular flexibility index (Phi) is 4.05. The summed E-state index contributed by atoms with van der Waals surface area (Å²) in [4.78, 5) is 15.2. The van der Waals surface area contributed by atoms with Crippen molar-refractivity contribution in [2.45, 2.75) is 13.0 Å². The zero-order valence-corrected chi connectivity index (χ0v) is 12.6. The molecule has 0 unspecified atom stereocenters. The van der Waals surface area contributed by atoms with Gasteiger partial charge in [-0.15, -0.1) is 0 Å². The zero-order chi connectivity index (χ0) is 16.2. The summed E-state index contributed by atoms with van der Waals surface area (Å²) in [5.41, 5.74) is 7.82. The van der Waals surface area contributed by atoms with Crippen LogP contribution in [0.2, 0.25) is 0 Å². The van der Waals surface area contributed by atoms with Crippen LogP contribution < -0.4 is 10.5 Å². The second-order valence-electron chi connectivity index (χ2n) is 5.05. The Labute approximate surface area is 133 Å². The normalized spacial score (nSPS) is 11.9. The minimum Gasteiger partial charge on any atom is -0.481 e. The third kappa shape index (κ3) is 3.37. The fourth-order valence-electron chi connectivity index (χ4n) is 2.10. The summed E-state index contributed by atoms with van der Waals surface area (Å²) in [6.45, 7) is 1.61. The van der Waals surface area contributed by atoms with Gasteiger partial charge in [0.15, 0.2) is 6.10 Å². The quantitative estimate of drug-likeness (QED) is 0.783. The Balaban J connectivity index is 1.85. The number of nitrogens with two attached hydrogens (primary N) is 1. The first kappa shape index (κ1) is 14.8. The van der Waals surface area contributed by atoms with Gasteiger partial charge in [-0.1, -0.05) is 6.07 Å². The van der Waals surface area contributed by atoms with Gasteiger partial charge in [0.25, 0.3) is 5.91 Å². The summed E-state index contributed by atoms with van der Waals surface area (Å²) in [5, 5.41) is 4.54. The molecular weight excluding hydrogens is 292 g/mol. The molecule has 2 aromatic heterocycles. The van der Waals surface area contributed by atoms with E-state index in [2.05, 4.69) is 10.1 Å². The summed E-state index contributed by atoms with van der Waals surface area (Å²) in [6.07, 6.45) is 4.66. The lowest BCUT2D eigenvalue weighted by molar-refractivity contribution is -0.123. The molecule has 0 aliphatic rings. The van der Waals surface area contributed by atoms with Crippen LogP contribution in [0.3, 0.4) is 0 Å². The fraction of sp³-hybridized carbons (Fsp3) is 0.118. The van der Waals surface area contributed by atoms with Gasteiger partial charge in [0, 0.05) is 30.2 Å². The van der Waals surface area contributed by atoms with Crippen LogP contribution in [0.1, 0.15) is 6.92 Å². The van der Waals surface area contributed by atoms with Crippen LogP contribution in [0.25, 0.3) is 16.9 Å². The molecule has 6 nitrogen and oxygen atoms in total. The maximum Gasteiger partial charge on any atom is 0.258 e. The van der Waals surface area contributed by atoms with Crippen LogP contribution >= 0.6 is 0 Å². The van der Waals surface area contributed by atoms with Crippen LogP contribution in [0.5, 0.6) is 5.75 Å². The molecule has 0 bridgehead atoms. The lowest BCUT2D eigenvalue weighted by atomic mass is 10.2. The molecule has 0 fully saturated rings. The molecule has 0 spiro atoms. The predicted molar refractivity (Wildman–Crippen MR) is 86.1 cm³/mol. The van der Waals surface area contributed by atoms with Crippen molar-refractivity contribution in [3.8, 4) is 22.7 Å². The molecule has 1 aromatic carbocycles. The number of carbonyl (C=O) groups excluding carboxylic acids is 1. The van der Waals surface area contributed by atoms with Crippen molar-refractivity contribution in [3.63, 3.8) is 0 Å². The first-order valence-electron chi connectivity index (χ1n) is 7.16. The zero-order valence-electron chi connectivity index (χ0n) is 12.6. The van der Waals surface area contributed by atoms with Gasteiger partial charge in [-0.25, -0.2) is 4.68 Å². The van der Waals surface area contributed by atoms with Crippen molar-refractivity contribution < 1.29 is 9.53 Å². The third-order valence-corrected chi connectivity index (χ3v) is 3.34. The number of benzene rings is 1. The summed E-state index contributed by atoms with van der Waals surface area (Å²) in [5.74, 6) is 0.0561. The number of rotatable bonds is 5. The highest BCUT2D eigenvalue weighted by molar-refractivity contribution is 5.78. The first-order chi connectivity index (χ1) is 11.1. The molecule has 0 aliphatic carbocycles. The summed E-state index contributed by atoms with van der Waals surface area (Å²) >= 11 is 0. The van der Waals surface area contributed by atoms with E-state index >= 15 is 0 Å². The van der Waals surface area contributed by atoms with Crippen molar-refractivity contribution in [1.82, 2.24) is 14.8 Å². The number of amides is 1. The van der Waals surface area contributed by atoms with Crippen LogP contribution in [-0.4, -0.2) is 26.8 Å². The number of ether oxygens (including phenoxy) is 1. The van der Waals surface area contributed by atoms with Crippen molar-refractivity contribution >= 4 is 5.91 Å². The van der Waals surface area contributed by atoms with Crippen LogP contribution in [0.15, 0.2) is 61.1 Å². The van der Waals surface area contributed by atoms with E-state index in [-0.39, 0.29) is 0 Å². The molecular formula is C17H16N4O2. The Morgan fingerprint density at radius 1 is 1.26 bits per heavy atom. The van der Waals surface area contributed by atoms with Crippen molar-refractivity contribution in [2.24, 2.45) is 5.73 Å². The molecule has 0 radical (unpaired) electrons. The smallest absolute Gasteiger partial charge is 0.258 e. The van der Waals surface area contributed by atoms with E-state index in [4.69, 9.17) is 10.5 Å². The molecule has 2 heterocycles. The number of carbonyl (C=O) groups is 1. The van der Waals surface area contributed by atoms with Crippen LogP contribution in [-0.2, 0) is 4.79 Å². The van der Waals surface area contributed by atoms with Crippen molar-refractivity contribution in [2.75, 3.05) is 0 Å². The molecule has 1 amide bonds. The number of aromatic nitrogens is 3. The van der Waals surface area contributed by atoms with Crippen LogP contribution in [0, 0.1) is 0 Å². The molecule has 3 aromatic rings. The number of nitrogens with zero attached hydrogens (tertiary/aromatic N) is 3. The maximum atomic E-state index is 11.1. The Morgan fingerprint density at radius 2 is 2.13 bits per heavy atom. The number of hydrogen-bond donors (Lipinski definition) is 1. The summed E-state index contributed by atoms with van der Waals surface area (Å²) < 4.78 is 7.24. The Bertz CT molecular complexity index is 814. The topological polar surface area (TPSA) is 83.0 Å². The lowest BCUT2D eigenvalue weighted by Crippen LogP contribution is -2.30. The highest BCUT2D eigenvalue weighted by Crippen LogP contribution is 2.20. The maximum absolute atomic E-state index is 11.1. The van der Waals surface area contributed by atoms with E-state index in [1.165, 1.54) is 0 Å². The van der Waals surface area contributed by atoms with Gasteiger partial charge in [-0.3, -0.25) is 9.78 Å². The molecule has 0 saturated heterocycles. The highest BCUT2D eigenvalue weighted by Gasteiger charge is 2.11. The van der Waals surface area contributed by atoms with Crippen molar-refractivity contribution in [1.29, 1.82) is 0 Å². The van der Waals surface area contributed by atoms with Gasteiger partial charge < -0.3 is 10.5 Å². The van der Waals surface area contributed by atoms with Crippen molar-refractivity contribution in [3.05, 3.63) is 61.1 Å². The van der Waals surface area contributed by atoms with Crippen LogP contribution in [0.4, 0.5) is 0 Å². The standard InChI is InChI=1S/C17H16N4O2/c1-12(17(18)22)23-15-6-2-5-14(10-15)21-9-7-16(20-21)13-4-3-8-19-11-13/h2-12H,1H3,(H2,18,22)/t12-/m0/s1. The molecule has 1 atom stereocenters. The SMILES string of the molecule is C[C@H](Oc1cccc(-n2ccc(-c3cccnc3)n2)c1)C(N)=O. The molecule has 116 valence electrons. The molecule has 3 rings (SSSR count). The molecule has 0 saturated carbocycles. The number of primary amides is 1. The Hall–Kier alpha value is -3.15. The largest absolute Gasteiger partial charge is 0.481 e. The Morgan fingerprint density at radius 3 is 2.87 bits per heavy atom. The number of hydrogen-bond acceptors (Lipinski definition) is 4. The predicted octanol–water partition coefficient (Wildman–Crippen LogP) is 2.19. The fourth-order valence-corrected chi connectivity index (χ4v) is 2.10. The van der Waals surface area contributed by atoms with Gasteiger partial charge in [0.2, 0.25) is 0 Å². The monoisotopic (exact) mass is 308 g/mol. The molecule has 23 heavy (non-hydrogen) atoms. The van der Waals surface area contributed by atoms with Gasteiger partial charge >= 0.3 is 0 Å². The summed E-state index contributed by atoms with van der Waals surface area (Å²) in [6, 6.07) is 13.1. The second-order valence-corrected chi connectivity index (χ2v) is 5.05. The summed E-state index contributed by atoms with van der Waals surface area (Å²) in [7, 11) is 0. The lowest BCUT2D eigenvalue weighted by Gasteiger charge is -2.12. The highest BCUT2D eigenvalue weighted by atomic mass is 16.5. The van der Waals surface area contributed by atoms with E-state index in [0.717, 1.165) is 16.9 Å². The van der Waals surface area contributed by atoms with Gasteiger partial charge in [-0.2, -0.15) is 5.10 Å². The van der Waals surface area contributed by atoms with E-state index < -0.39 is 12.0 Å². The van der Waals surface area contributed by atoms with E-state index in [9.17, 15) is 4.79 Å². The minimum atomic E-state index is -0.686. The average molecular weight is 308 g/mol. The van der Waals surface area contributed by atoms with Gasteiger partial charge in [-0.05, 0) is 37.3 Å². The van der Waals surface area contributed by atoms with E-state index in [0.29, 0.717) is 5.75 Å². The van der Waals surface area contributed by atoms with E-state index in [1.54, 1.807) is 36.1 Å². The first-order valence-corrected chi connectivity index (χ1v) is 7.16. The molecule has 2 N–H and O–H groups in total. The molecule has 6 heteroatoms. The van der Waals surface area contributed by atoms with E-state index in [1.807, 2.05) is 36.5 Å². The van der Waals surface area contributed by atoms with Gasteiger partial charge in [0.1, 0.15) is 5.75 Å². The second kappa shape index (κ2) is 6.31. The average Bonchev–Trinajstić information content (AvgIpc) is 3.06.